The lowest BCUT2D eigenvalue weighted by molar-refractivity contribution is -0.131. The summed E-state index contributed by atoms with van der Waals surface area (Å²) in [5.74, 6) is 1.68. The second kappa shape index (κ2) is 6.64. The minimum absolute atomic E-state index is 0.0751. The Labute approximate surface area is 132 Å². The van der Waals surface area contributed by atoms with Crippen molar-refractivity contribution in [2.45, 2.75) is 45.4 Å². The quantitative estimate of drug-likeness (QED) is 0.688. The summed E-state index contributed by atoms with van der Waals surface area (Å²) in [4.78, 5) is 26.6. The molecule has 22 heavy (non-hydrogen) atoms. The Hall–Kier alpha value is -1.64. The molecule has 118 valence electrons. The Bertz CT molecular complexity index is 527. The van der Waals surface area contributed by atoms with Crippen LogP contribution in [0.5, 0.6) is 0 Å². The number of nitrogens with zero attached hydrogens (tertiary/aromatic N) is 1. The second-order valence-corrected chi connectivity index (χ2v) is 6.97. The average molecular weight is 299 g/mol. The van der Waals surface area contributed by atoms with Gasteiger partial charge in [-0.05, 0) is 44.4 Å². The molecule has 2 saturated carbocycles. The summed E-state index contributed by atoms with van der Waals surface area (Å²) >= 11 is 0. The van der Waals surface area contributed by atoms with Crippen molar-refractivity contribution in [1.82, 2.24) is 4.90 Å². The molecule has 1 aromatic rings. The van der Waals surface area contributed by atoms with Gasteiger partial charge in [-0.2, -0.15) is 0 Å². The van der Waals surface area contributed by atoms with Crippen molar-refractivity contribution in [3.63, 3.8) is 0 Å². The number of rotatable bonds is 8. The number of Topliss-reactive ketones (excluding diaryl/α,β-unsaturated/α-hetero) is 1. The van der Waals surface area contributed by atoms with Gasteiger partial charge in [-0.15, -0.1) is 0 Å². The molecule has 3 rings (SSSR count). The molecule has 2 aliphatic rings. The van der Waals surface area contributed by atoms with Gasteiger partial charge in [0.1, 0.15) is 0 Å². The zero-order chi connectivity index (χ0) is 15.5. The molecule has 1 amide bonds. The molecule has 0 saturated heterocycles. The molecule has 0 spiro atoms. The van der Waals surface area contributed by atoms with E-state index in [1.165, 1.54) is 25.7 Å². The predicted octanol–water partition coefficient (Wildman–Crippen LogP) is 3.61. The highest BCUT2D eigenvalue weighted by atomic mass is 16.2. The van der Waals surface area contributed by atoms with Gasteiger partial charge in [0, 0.05) is 31.5 Å². The first kappa shape index (κ1) is 15.3. The van der Waals surface area contributed by atoms with E-state index < -0.39 is 0 Å². The maximum absolute atomic E-state index is 12.4. The van der Waals surface area contributed by atoms with Crippen LogP contribution < -0.4 is 0 Å². The third kappa shape index (κ3) is 4.43. The third-order valence-corrected chi connectivity index (χ3v) is 4.64. The number of ketones is 1. The lowest BCUT2D eigenvalue weighted by Crippen LogP contribution is -2.34. The van der Waals surface area contributed by atoms with Gasteiger partial charge in [-0.1, -0.05) is 29.8 Å². The fourth-order valence-electron chi connectivity index (χ4n) is 2.76. The molecule has 0 radical (unpaired) electrons. The van der Waals surface area contributed by atoms with Crippen LogP contribution in [0.25, 0.3) is 0 Å². The lowest BCUT2D eigenvalue weighted by atomic mass is 10.0. The highest BCUT2D eigenvalue weighted by molar-refractivity contribution is 5.97. The van der Waals surface area contributed by atoms with Crippen molar-refractivity contribution in [2.75, 3.05) is 13.1 Å². The van der Waals surface area contributed by atoms with Crippen molar-refractivity contribution in [2.24, 2.45) is 11.8 Å². The number of carbonyl (C=O) groups is 2. The molecule has 0 N–H and O–H groups in total. The van der Waals surface area contributed by atoms with Crippen LogP contribution in [0.4, 0.5) is 0 Å². The van der Waals surface area contributed by atoms with Crippen LogP contribution in [0.3, 0.4) is 0 Å². The van der Waals surface area contributed by atoms with E-state index in [2.05, 4.69) is 0 Å². The Balaban J connectivity index is 1.50. The van der Waals surface area contributed by atoms with E-state index in [1.54, 1.807) is 0 Å². The molecule has 0 aliphatic heterocycles. The molecule has 2 aliphatic carbocycles. The topological polar surface area (TPSA) is 37.4 Å². The average Bonchev–Trinajstić information content (AvgIpc) is 3.40. The normalized spacial score (nSPS) is 17.3. The number of benzene rings is 1. The van der Waals surface area contributed by atoms with Gasteiger partial charge in [0.25, 0.3) is 0 Å². The van der Waals surface area contributed by atoms with Crippen molar-refractivity contribution >= 4 is 11.7 Å². The van der Waals surface area contributed by atoms with E-state index in [0.29, 0.717) is 18.4 Å². The molecular weight excluding hydrogens is 274 g/mol. The number of aryl methyl sites for hydroxylation is 1. The van der Waals surface area contributed by atoms with Crippen LogP contribution in [-0.2, 0) is 4.79 Å². The Morgan fingerprint density at radius 3 is 2.00 bits per heavy atom. The van der Waals surface area contributed by atoms with Crippen LogP contribution in [0, 0.1) is 18.8 Å². The highest BCUT2D eigenvalue weighted by Crippen LogP contribution is 2.34. The number of carbonyl (C=O) groups excluding carboxylic acids is 2. The molecule has 0 bridgehead atoms. The van der Waals surface area contributed by atoms with E-state index >= 15 is 0 Å². The number of amides is 1. The van der Waals surface area contributed by atoms with Crippen molar-refractivity contribution < 1.29 is 9.59 Å². The first-order valence-electron chi connectivity index (χ1n) is 8.49. The summed E-state index contributed by atoms with van der Waals surface area (Å²) in [6.45, 7) is 3.83. The smallest absolute Gasteiger partial charge is 0.223 e. The van der Waals surface area contributed by atoms with Crippen molar-refractivity contribution in [3.05, 3.63) is 35.4 Å². The van der Waals surface area contributed by atoms with Gasteiger partial charge in [-0.3, -0.25) is 9.59 Å². The van der Waals surface area contributed by atoms with Gasteiger partial charge >= 0.3 is 0 Å². The molecule has 3 nitrogen and oxygen atoms in total. The first-order chi connectivity index (χ1) is 10.6. The summed E-state index contributed by atoms with van der Waals surface area (Å²) in [5.41, 5.74) is 1.86. The summed E-state index contributed by atoms with van der Waals surface area (Å²) in [7, 11) is 0. The van der Waals surface area contributed by atoms with E-state index in [9.17, 15) is 9.59 Å². The predicted molar refractivity (Wildman–Crippen MR) is 86.8 cm³/mol. The van der Waals surface area contributed by atoms with E-state index in [0.717, 1.165) is 30.5 Å². The van der Waals surface area contributed by atoms with Gasteiger partial charge in [-0.25, -0.2) is 0 Å². The summed E-state index contributed by atoms with van der Waals surface area (Å²) in [5, 5.41) is 0. The van der Waals surface area contributed by atoms with E-state index in [4.69, 9.17) is 0 Å². The van der Waals surface area contributed by atoms with Gasteiger partial charge < -0.3 is 4.90 Å². The second-order valence-electron chi connectivity index (χ2n) is 6.97. The molecule has 3 heteroatoms. The first-order valence-corrected chi connectivity index (χ1v) is 8.49. The van der Waals surface area contributed by atoms with Crippen LogP contribution in [-0.4, -0.2) is 29.7 Å². The highest BCUT2D eigenvalue weighted by Gasteiger charge is 2.31. The van der Waals surface area contributed by atoms with E-state index in [-0.39, 0.29) is 11.7 Å². The molecule has 1 aromatic carbocycles. The molecule has 0 atom stereocenters. The minimum atomic E-state index is 0.0751. The van der Waals surface area contributed by atoms with Crippen molar-refractivity contribution in [3.8, 4) is 0 Å². The molecule has 2 fully saturated rings. The van der Waals surface area contributed by atoms with Crippen molar-refractivity contribution in [1.29, 1.82) is 0 Å². The summed E-state index contributed by atoms with van der Waals surface area (Å²) in [6.07, 6.45) is 5.72. The standard InChI is InChI=1S/C19H25NO2/c1-14-2-8-17(9-3-14)18(21)10-11-19(22)20(12-15-4-5-15)13-16-6-7-16/h2-3,8-9,15-16H,4-7,10-13H2,1H3. The van der Waals surface area contributed by atoms with Crippen LogP contribution >= 0.6 is 0 Å². The third-order valence-electron chi connectivity index (χ3n) is 4.64. The van der Waals surface area contributed by atoms with Crippen LogP contribution in [0.2, 0.25) is 0 Å². The molecule has 0 aromatic heterocycles. The van der Waals surface area contributed by atoms with Crippen LogP contribution in [0.1, 0.15) is 54.4 Å². The largest absolute Gasteiger partial charge is 0.342 e. The molecule has 0 heterocycles. The maximum atomic E-state index is 12.4. The monoisotopic (exact) mass is 299 g/mol. The number of hydrogen-bond donors (Lipinski definition) is 0. The maximum Gasteiger partial charge on any atom is 0.223 e. The Kier molecular flexibility index (Phi) is 4.60. The lowest BCUT2D eigenvalue weighted by Gasteiger charge is -2.22. The minimum Gasteiger partial charge on any atom is -0.342 e. The summed E-state index contributed by atoms with van der Waals surface area (Å²) in [6, 6.07) is 7.60. The molecule has 0 unspecified atom stereocenters. The zero-order valence-corrected chi connectivity index (χ0v) is 13.4. The zero-order valence-electron chi connectivity index (χ0n) is 13.4. The Morgan fingerprint density at radius 1 is 0.955 bits per heavy atom. The SMILES string of the molecule is Cc1ccc(C(=O)CCC(=O)N(CC2CC2)CC2CC2)cc1. The molecular formula is C19H25NO2. The van der Waals surface area contributed by atoms with Gasteiger partial charge in [0.15, 0.2) is 5.78 Å². The van der Waals surface area contributed by atoms with Crippen LogP contribution in [0.15, 0.2) is 24.3 Å². The van der Waals surface area contributed by atoms with E-state index in [1.807, 2.05) is 36.1 Å². The fourth-order valence-corrected chi connectivity index (χ4v) is 2.76. The fraction of sp³-hybridized carbons (Fsp3) is 0.579. The van der Waals surface area contributed by atoms with Gasteiger partial charge in [0.05, 0.1) is 0 Å². The Morgan fingerprint density at radius 2 is 1.50 bits per heavy atom. The summed E-state index contributed by atoms with van der Waals surface area (Å²) < 4.78 is 0. The number of hydrogen-bond acceptors (Lipinski definition) is 2. The van der Waals surface area contributed by atoms with Gasteiger partial charge in [0.2, 0.25) is 5.91 Å².